The fraction of sp³-hybridized carbons (Fsp3) is 0.444. The van der Waals surface area contributed by atoms with Crippen LogP contribution in [0.4, 0.5) is 8.78 Å². The number of rotatable bonds is 6. The summed E-state index contributed by atoms with van der Waals surface area (Å²) in [6.07, 6.45) is -0.136. The van der Waals surface area contributed by atoms with Crippen LogP contribution in [0.25, 0.3) is 0 Å². The van der Waals surface area contributed by atoms with Crippen LogP contribution in [-0.2, 0) is 23.4 Å². The molecule has 25 heavy (non-hydrogen) atoms. The van der Waals surface area contributed by atoms with Gasteiger partial charge in [-0.25, -0.2) is 8.78 Å². The van der Waals surface area contributed by atoms with Crippen LogP contribution in [0.3, 0.4) is 0 Å². The molecular weight excluding hydrogens is 330 g/mol. The van der Waals surface area contributed by atoms with Gasteiger partial charge in [-0.1, -0.05) is 0 Å². The number of benzene rings is 1. The molecule has 1 heterocycles. The Kier molecular flexibility index (Phi) is 5.45. The molecule has 0 aliphatic carbocycles. The van der Waals surface area contributed by atoms with Gasteiger partial charge in [-0.3, -0.25) is 9.48 Å². The van der Waals surface area contributed by atoms with Crippen molar-refractivity contribution >= 4 is 5.97 Å². The van der Waals surface area contributed by atoms with Gasteiger partial charge in [0.2, 0.25) is 0 Å². The van der Waals surface area contributed by atoms with Crippen molar-refractivity contribution in [3.8, 4) is 5.75 Å². The van der Waals surface area contributed by atoms with Crippen molar-refractivity contribution in [2.75, 3.05) is 0 Å². The van der Waals surface area contributed by atoms with E-state index in [0.717, 1.165) is 17.8 Å². The molecule has 136 valence electrons. The van der Waals surface area contributed by atoms with Crippen molar-refractivity contribution in [1.29, 1.82) is 0 Å². The average molecular weight is 352 g/mol. The highest BCUT2D eigenvalue weighted by Gasteiger charge is 2.20. The van der Waals surface area contributed by atoms with Crippen molar-refractivity contribution in [3.05, 3.63) is 46.8 Å². The molecule has 0 saturated heterocycles. The summed E-state index contributed by atoms with van der Waals surface area (Å²) in [6, 6.07) is 4.02. The van der Waals surface area contributed by atoms with Crippen LogP contribution >= 0.6 is 0 Å². The van der Waals surface area contributed by atoms with Gasteiger partial charge in [-0.05, 0) is 57.9 Å². The molecule has 0 radical (unpaired) electrons. The summed E-state index contributed by atoms with van der Waals surface area (Å²) in [7, 11) is 0. The Balaban J connectivity index is 2.18. The van der Waals surface area contributed by atoms with Gasteiger partial charge in [0.15, 0.2) is 17.4 Å². The lowest BCUT2D eigenvalue weighted by molar-refractivity contribution is -0.136. The molecular formula is C18H22F2N2O3. The number of halogens is 2. The number of carboxylic acids is 1. The first-order valence-corrected chi connectivity index (χ1v) is 7.96. The van der Waals surface area contributed by atoms with Crippen molar-refractivity contribution in [2.24, 2.45) is 0 Å². The van der Waals surface area contributed by atoms with E-state index in [0.29, 0.717) is 5.69 Å². The van der Waals surface area contributed by atoms with Gasteiger partial charge in [0, 0.05) is 6.42 Å². The molecule has 5 nitrogen and oxygen atoms in total. The summed E-state index contributed by atoms with van der Waals surface area (Å²) in [6.45, 7) is 7.73. The number of ether oxygens (including phenoxy) is 1. The van der Waals surface area contributed by atoms with E-state index in [2.05, 4.69) is 5.10 Å². The van der Waals surface area contributed by atoms with Gasteiger partial charge in [-0.15, -0.1) is 0 Å². The second-order valence-corrected chi connectivity index (χ2v) is 6.93. The van der Waals surface area contributed by atoms with Gasteiger partial charge < -0.3 is 9.84 Å². The molecule has 0 saturated carbocycles. The minimum atomic E-state index is -1.02. The summed E-state index contributed by atoms with van der Waals surface area (Å²) in [5, 5.41) is 13.0. The summed E-state index contributed by atoms with van der Waals surface area (Å²) in [4.78, 5) is 10.6. The molecule has 0 bridgehead atoms. The van der Waals surface area contributed by atoms with E-state index in [1.165, 1.54) is 0 Å². The third-order valence-electron chi connectivity index (χ3n) is 3.59. The molecule has 0 aliphatic rings. The maximum absolute atomic E-state index is 14.1. The lowest BCUT2D eigenvalue weighted by Gasteiger charge is -2.22. The topological polar surface area (TPSA) is 64.3 Å². The highest BCUT2D eigenvalue weighted by atomic mass is 19.1. The first-order chi connectivity index (χ1) is 11.6. The van der Waals surface area contributed by atoms with Crippen LogP contribution in [0.1, 0.15) is 44.1 Å². The molecule has 2 aromatic rings. The van der Waals surface area contributed by atoms with Crippen LogP contribution in [0.2, 0.25) is 0 Å². The Labute approximate surface area is 145 Å². The minimum Gasteiger partial charge on any atom is -0.481 e. The highest BCUT2D eigenvalue weighted by Crippen LogP contribution is 2.26. The first-order valence-electron chi connectivity index (χ1n) is 7.96. The molecule has 0 amide bonds. The van der Waals surface area contributed by atoms with E-state index in [4.69, 9.17) is 9.84 Å². The zero-order valence-electron chi connectivity index (χ0n) is 14.8. The van der Waals surface area contributed by atoms with E-state index in [1.807, 2.05) is 33.8 Å². The van der Waals surface area contributed by atoms with Gasteiger partial charge in [0.25, 0.3) is 0 Å². The fourth-order valence-electron chi connectivity index (χ4n) is 2.53. The Morgan fingerprint density at radius 2 is 1.84 bits per heavy atom. The quantitative estimate of drug-likeness (QED) is 0.858. The normalized spacial score (nSPS) is 11.6. The van der Waals surface area contributed by atoms with Gasteiger partial charge in [-0.2, -0.15) is 5.10 Å². The molecule has 0 aliphatic heterocycles. The minimum absolute atomic E-state index is 0.0274. The summed E-state index contributed by atoms with van der Waals surface area (Å²) in [5.41, 5.74) is 1.49. The van der Waals surface area contributed by atoms with E-state index in [1.54, 1.807) is 4.68 Å². The third-order valence-corrected chi connectivity index (χ3v) is 3.59. The highest BCUT2D eigenvalue weighted by molar-refractivity contribution is 5.67. The van der Waals surface area contributed by atoms with Crippen LogP contribution < -0.4 is 4.74 Å². The SMILES string of the molecule is Cc1cc(COc2c(F)cc(CCC(=O)O)cc2F)n(C(C)(C)C)n1. The molecule has 0 unspecified atom stereocenters. The zero-order valence-corrected chi connectivity index (χ0v) is 14.8. The van der Waals surface area contributed by atoms with Crippen LogP contribution in [0.15, 0.2) is 18.2 Å². The van der Waals surface area contributed by atoms with Crippen molar-refractivity contribution in [1.82, 2.24) is 9.78 Å². The average Bonchev–Trinajstić information content (AvgIpc) is 2.85. The second kappa shape index (κ2) is 7.21. The van der Waals surface area contributed by atoms with Crippen molar-refractivity contribution in [2.45, 2.75) is 52.7 Å². The van der Waals surface area contributed by atoms with Crippen molar-refractivity contribution in [3.63, 3.8) is 0 Å². The fourth-order valence-corrected chi connectivity index (χ4v) is 2.53. The van der Waals surface area contributed by atoms with E-state index >= 15 is 0 Å². The number of aliphatic carboxylic acids is 1. The molecule has 1 aromatic carbocycles. The molecule has 0 atom stereocenters. The lowest BCUT2D eigenvalue weighted by Crippen LogP contribution is -2.26. The maximum Gasteiger partial charge on any atom is 0.303 e. The summed E-state index contributed by atoms with van der Waals surface area (Å²) >= 11 is 0. The lowest BCUT2D eigenvalue weighted by atomic mass is 10.1. The Morgan fingerprint density at radius 1 is 1.24 bits per heavy atom. The first kappa shape index (κ1) is 18.9. The number of carbonyl (C=O) groups is 1. The van der Waals surface area contributed by atoms with E-state index < -0.39 is 23.4 Å². The summed E-state index contributed by atoms with van der Waals surface area (Å²) in [5.74, 6) is -3.19. The smallest absolute Gasteiger partial charge is 0.303 e. The molecule has 2 rings (SSSR count). The van der Waals surface area contributed by atoms with Gasteiger partial charge >= 0.3 is 5.97 Å². The van der Waals surface area contributed by atoms with Crippen LogP contribution in [0.5, 0.6) is 5.75 Å². The molecule has 1 N–H and O–H groups in total. The Bertz CT molecular complexity index is 756. The van der Waals surface area contributed by atoms with Crippen LogP contribution in [0, 0.1) is 18.6 Å². The number of aromatic nitrogens is 2. The standard InChI is InChI=1S/C18H22F2N2O3/c1-11-7-13(22(21-11)18(2,3)4)10-25-17-14(19)8-12(9-15(17)20)5-6-16(23)24/h7-9H,5-6,10H2,1-4H3,(H,23,24). The molecule has 0 spiro atoms. The van der Waals surface area contributed by atoms with Gasteiger partial charge in [0.05, 0.1) is 16.9 Å². The number of nitrogens with zero attached hydrogens (tertiary/aromatic N) is 2. The largest absolute Gasteiger partial charge is 0.481 e. The number of hydrogen-bond donors (Lipinski definition) is 1. The van der Waals surface area contributed by atoms with Crippen LogP contribution in [-0.4, -0.2) is 20.9 Å². The Morgan fingerprint density at radius 3 is 2.36 bits per heavy atom. The molecule has 7 heteroatoms. The van der Waals surface area contributed by atoms with Crippen molar-refractivity contribution < 1.29 is 23.4 Å². The Hall–Kier alpha value is -2.44. The zero-order chi connectivity index (χ0) is 18.8. The predicted molar refractivity (Wildman–Crippen MR) is 88.6 cm³/mol. The number of aryl methyl sites for hydroxylation is 2. The predicted octanol–water partition coefficient (Wildman–Crippen LogP) is 3.82. The second-order valence-electron chi connectivity index (χ2n) is 6.93. The monoisotopic (exact) mass is 352 g/mol. The molecule has 0 fully saturated rings. The number of hydrogen-bond acceptors (Lipinski definition) is 3. The number of carboxylic acid groups (broad SMARTS) is 1. The maximum atomic E-state index is 14.1. The summed E-state index contributed by atoms with van der Waals surface area (Å²) < 4.78 is 35.4. The third kappa shape index (κ3) is 4.78. The van der Waals surface area contributed by atoms with Gasteiger partial charge in [0.1, 0.15) is 6.61 Å². The van der Waals surface area contributed by atoms with E-state index in [9.17, 15) is 13.6 Å². The molecule has 1 aromatic heterocycles. The van der Waals surface area contributed by atoms with E-state index in [-0.39, 0.29) is 30.6 Å².